The molecule has 0 spiro atoms. The lowest BCUT2D eigenvalue weighted by atomic mass is 10.0. The molecule has 2 heterocycles. The summed E-state index contributed by atoms with van der Waals surface area (Å²) in [5.41, 5.74) is 2.73. The molecule has 7 nitrogen and oxygen atoms in total. The maximum atomic E-state index is 12.9. The molecular weight excluding hydrogens is 444 g/mol. The number of nitriles is 1. The Morgan fingerprint density at radius 2 is 1.91 bits per heavy atom. The Balaban J connectivity index is 1.82. The number of carbonyl (C=O) groups excluding carboxylic acids is 1. The van der Waals surface area contributed by atoms with Crippen molar-refractivity contribution in [2.45, 2.75) is 31.8 Å². The SMILES string of the molecule is C=CCOC(=O)C(Oc1nc(-c2ccccc2)cc(C2COC(C)(C)O2)c1C#N)c1ccccc1. The highest BCUT2D eigenvalue weighted by atomic mass is 16.7. The highest BCUT2D eigenvalue weighted by Crippen LogP contribution is 2.39. The normalized spacial score (nSPS) is 17.2. The van der Waals surface area contributed by atoms with Crippen LogP contribution in [0.5, 0.6) is 5.88 Å². The van der Waals surface area contributed by atoms with Crippen molar-refractivity contribution in [2.75, 3.05) is 13.2 Å². The minimum Gasteiger partial charge on any atom is -0.458 e. The first-order valence-electron chi connectivity index (χ1n) is 11.2. The fourth-order valence-corrected chi connectivity index (χ4v) is 3.80. The monoisotopic (exact) mass is 470 g/mol. The lowest BCUT2D eigenvalue weighted by molar-refractivity contribution is -0.151. The molecule has 0 radical (unpaired) electrons. The van der Waals surface area contributed by atoms with Crippen molar-refractivity contribution >= 4 is 5.97 Å². The molecule has 1 aliphatic heterocycles. The second kappa shape index (κ2) is 10.5. The standard InChI is InChI=1S/C28H26N2O5/c1-4-15-32-27(31)25(20-13-9-6-10-14-20)34-26-22(17-29)21(24-18-33-28(2,3)35-24)16-23(30-26)19-11-7-5-8-12-19/h4-14,16,24-25H,1,15,18H2,2-3H3. The molecule has 3 aromatic rings. The van der Waals surface area contributed by atoms with Gasteiger partial charge in [0, 0.05) is 16.7 Å². The van der Waals surface area contributed by atoms with E-state index in [1.807, 2.05) is 56.3 Å². The Kier molecular flexibility index (Phi) is 7.25. The van der Waals surface area contributed by atoms with Crippen LogP contribution in [0.1, 0.15) is 42.7 Å². The number of aromatic nitrogens is 1. The van der Waals surface area contributed by atoms with Gasteiger partial charge in [0.05, 0.1) is 12.3 Å². The van der Waals surface area contributed by atoms with Gasteiger partial charge in [-0.2, -0.15) is 5.26 Å². The lowest BCUT2D eigenvalue weighted by Gasteiger charge is -2.22. The number of pyridine rings is 1. The number of rotatable bonds is 8. The predicted octanol–water partition coefficient (Wildman–Crippen LogP) is 5.29. The van der Waals surface area contributed by atoms with Crippen molar-refractivity contribution in [3.05, 3.63) is 96.1 Å². The minimum absolute atomic E-state index is 0.0153. The van der Waals surface area contributed by atoms with E-state index in [9.17, 15) is 10.1 Å². The Hall–Kier alpha value is -3.99. The zero-order valence-corrected chi connectivity index (χ0v) is 19.6. The van der Waals surface area contributed by atoms with Crippen LogP contribution < -0.4 is 4.74 Å². The van der Waals surface area contributed by atoms with E-state index >= 15 is 0 Å². The number of ether oxygens (including phenoxy) is 4. The number of hydrogen-bond donors (Lipinski definition) is 0. The van der Waals surface area contributed by atoms with Crippen LogP contribution in [0.2, 0.25) is 0 Å². The van der Waals surface area contributed by atoms with E-state index in [1.54, 1.807) is 24.3 Å². The Bertz CT molecular complexity index is 1240. The van der Waals surface area contributed by atoms with Gasteiger partial charge in [-0.25, -0.2) is 9.78 Å². The molecule has 2 unspecified atom stereocenters. The molecule has 1 saturated heterocycles. The summed E-state index contributed by atoms with van der Waals surface area (Å²) in [5.74, 6) is -1.40. The van der Waals surface area contributed by atoms with Gasteiger partial charge in [0.15, 0.2) is 5.79 Å². The maximum absolute atomic E-state index is 12.9. The molecular formula is C28H26N2O5. The van der Waals surface area contributed by atoms with Crippen LogP contribution in [0.15, 0.2) is 79.4 Å². The average Bonchev–Trinajstić information content (AvgIpc) is 3.25. The molecule has 2 aromatic carbocycles. The predicted molar refractivity (Wildman–Crippen MR) is 129 cm³/mol. The molecule has 7 heteroatoms. The highest BCUT2D eigenvalue weighted by Gasteiger charge is 2.37. The van der Waals surface area contributed by atoms with Crippen LogP contribution >= 0.6 is 0 Å². The summed E-state index contributed by atoms with van der Waals surface area (Å²) in [6.45, 7) is 7.52. The molecule has 1 aliphatic rings. The summed E-state index contributed by atoms with van der Waals surface area (Å²) in [5, 5.41) is 10.1. The van der Waals surface area contributed by atoms with Gasteiger partial charge < -0.3 is 18.9 Å². The number of esters is 1. The highest BCUT2D eigenvalue weighted by molar-refractivity contribution is 5.77. The van der Waals surface area contributed by atoms with Gasteiger partial charge in [-0.3, -0.25) is 0 Å². The fourth-order valence-electron chi connectivity index (χ4n) is 3.80. The fraction of sp³-hybridized carbons (Fsp3) is 0.250. The van der Waals surface area contributed by atoms with Crippen molar-refractivity contribution in [2.24, 2.45) is 0 Å². The lowest BCUT2D eigenvalue weighted by Crippen LogP contribution is -2.23. The van der Waals surface area contributed by atoms with Crippen molar-refractivity contribution in [1.29, 1.82) is 5.26 Å². The van der Waals surface area contributed by atoms with E-state index in [1.165, 1.54) is 6.08 Å². The van der Waals surface area contributed by atoms with Gasteiger partial charge in [-0.05, 0) is 19.9 Å². The van der Waals surface area contributed by atoms with Gasteiger partial charge in [-0.15, -0.1) is 0 Å². The largest absolute Gasteiger partial charge is 0.458 e. The molecule has 0 N–H and O–H groups in total. The first-order valence-corrected chi connectivity index (χ1v) is 11.2. The summed E-state index contributed by atoms with van der Waals surface area (Å²) in [6, 6.07) is 22.4. The molecule has 4 rings (SSSR count). The van der Waals surface area contributed by atoms with Crippen LogP contribution in [-0.2, 0) is 19.0 Å². The van der Waals surface area contributed by atoms with Gasteiger partial charge in [0.2, 0.25) is 12.0 Å². The third-order valence-corrected chi connectivity index (χ3v) is 5.44. The van der Waals surface area contributed by atoms with Crippen LogP contribution in [0.25, 0.3) is 11.3 Å². The van der Waals surface area contributed by atoms with Crippen LogP contribution in [0, 0.1) is 11.3 Å². The van der Waals surface area contributed by atoms with Gasteiger partial charge in [0.1, 0.15) is 24.3 Å². The maximum Gasteiger partial charge on any atom is 0.352 e. The van der Waals surface area contributed by atoms with Crippen molar-refractivity contribution < 1.29 is 23.7 Å². The topological polar surface area (TPSA) is 90.7 Å². The van der Waals surface area contributed by atoms with E-state index in [0.717, 1.165) is 5.56 Å². The molecule has 0 bridgehead atoms. The average molecular weight is 471 g/mol. The van der Waals surface area contributed by atoms with E-state index in [0.29, 0.717) is 16.8 Å². The smallest absolute Gasteiger partial charge is 0.352 e. The van der Waals surface area contributed by atoms with Gasteiger partial charge in [-0.1, -0.05) is 73.3 Å². The quantitative estimate of drug-likeness (QED) is 0.326. The van der Waals surface area contributed by atoms with E-state index in [-0.39, 0.29) is 24.7 Å². The number of nitrogens with zero attached hydrogens (tertiary/aromatic N) is 2. The second-order valence-corrected chi connectivity index (χ2v) is 8.40. The van der Waals surface area contributed by atoms with Crippen LogP contribution in [0.3, 0.4) is 0 Å². The molecule has 0 saturated carbocycles. The van der Waals surface area contributed by atoms with Crippen LogP contribution in [-0.4, -0.2) is 30.0 Å². The Morgan fingerprint density at radius 1 is 1.23 bits per heavy atom. The van der Waals surface area contributed by atoms with E-state index < -0.39 is 24.0 Å². The molecule has 0 aliphatic carbocycles. The van der Waals surface area contributed by atoms with Crippen molar-refractivity contribution in [1.82, 2.24) is 4.98 Å². The first-order chi connectivity index (χ1) is 16.9. The molecule has 1 aromatic heterocycles. The Labute approximate surface area is 204 Å². The molecule has 178 valence electrons. The minimum atomic E-state index is -1.13. The first kappa shape index (κ1) is 24.1. The summed E-state index contributed by atoms with van der Waals surface area (Å²) in [4.78, 5) is 17.6. The molecule has 35 heavy (non-hydrogen) atoms. The van der Waals surface area contributed by atoms with Gasteiger partial charge in [0.25, 0.3) is 0 Å². The summed E-state index contributed by atoms with van der Waals surface area (Å²) >= 11 is 0. The molecule has 1 fully saturated rings. The number of carbonyl (C=O) groups is 1. The summed E-state index contributed by atoms with van der Waals surface area (Å²) in [7, 11) is 0. The summed E-state index contributed by atoms with van der Waals surface area (Å²) < 4.78 is 23.2. The Morgan fingerprint density at radius 3 is 2.51 bits per heavy atom. The molecule has 2 atom stereocenters. The third kappa shape index (κ3) is 5.57. The zero-order valence-electron chi connectivity index (χ0n) is 19.6. The van der Waals surface area contributed by atoms with Crippen molar-refractivity contribution in [3.63, 3.8) is 0 Å². The van der Waals surface area contributed by atoms with E-state index in [4.69, 9.17) is 18.9 Å². The van der Waals surface area contributed by atoms with Gasteiger partial charge >= 0.3 is 5.97 Å². The second-order valence-electron chi connectivity index (χ2n) is 8.40. The molecule has 0 amide bonds. The van der Waals surface area contributed by atoms with Crippen molar-refractivity contribution in [3.8, 4) is 23.2 Å². The van der Waals surface area contributed by atoms with Crippen LogP contribution in [0.4, 0.5) is 0 Å². The third-order valence-electron chi connectivity index (χ3n) is 5.44. The number of hydrogen-bond acceptors (Lipinski definition) is 7. The zero-order chi connectivity index (χ0) is 24.8. The summed E-state index contributed by atoms with van der Waals surface area (Å²) in [6.07, 6.45) is -0.158. The van der Waals surface area contributed by atoms with E-state index in [2.05, 4.69) is 17.6 Å². The number of benzene rings is 2.